The molecule has 1 rings (SSSR count). The Labute approximate surface area is 116 Å². The summed E-state index contributed by atoms with van der Waals surface area (Å²) in [5.41, 5.74) is 0.535. The summed E-state index contributed by atoms with van der Waals surface area (Å²) in [5, 5.41) is 22.1. The Kier molecular flexibility index (Phi) is 5.60. The van der Waals surface area contributed by atoms with Crippen LogP contribution in [-0.4, -0.2) is 31.0 Å². The first-order valence-electron chi connectivity index (χ1n) is 5.63. The highest BCUT2D eigenvalue weighted by Crippen LogP contribution is 2.20. The number of anilines is 1. The van der Waals surface area contributed by atoms with Crippen molar-refractivity contribution in [2.75, 3.05) is 25.6 Å². The fraction of sp³-hybridized carbons (Fsp3) is 0.462. The summed E-state index contributed by atoms with van der Waals surface area (Å²) in [4.78, 5) is 0. The van der Waals surface area contributed by atoms with Crippen LogP contribution in [0.3, 0.4) is 0 Å². The fourth-order valence-electron chi connectivity index (χ4n) is 1.46. The third-order valence-corrected chi connectivity index (χ3v) is 3.00. The highest BCUT2D eigenvalue weighted by molar-refractivity contribution is 9.10. The maximum Gasteiger partial charge on any atom is 0.0992 e. The zero-order valence-corrected chi connectivity index (χ0v) is 12.1. The molecule has 1 aromatic rings. The number of ether oxygens (including phenoxy) is 1. The van der Waals surface area contributed by atoms with Crippen molar-refractivity contribution in [1.82, 2.24) is 0 Å². The van der Waals surface area contributed by atoms with Crippen molar-refractivity contribution in [3.8, 4) is 6.07 Å². The number of hydrogen-bond donors (Lipinski definition) is 2. The molecule has 0 aliphatic rings. The molecule has 0 fully saturated rings. The molecule has 5 heteroatoms. The summed E-state index contributed by atoms with van der Waals surface area (Å²) < 4.78 is 5.78. The minimum Gasteiger partial charge on any atom is -0.388 e. The molecule has 0 aliphatic carbocycles. The molecule has 0 saturated carbocycles. The van der Waals surface area contributed by atoms with Gasteiger partial charge in [-0.1, -0.05) is 15.9 Å². The van der Waals surface area contributed by atoms with Gasteiger partial charge >= 0.3 is 0 Å². The Morgan fingerprint density at radius 1 is 1.50 bits per heavy atom. The normalized spacial score (nSPS) is 13.7. The molecule has 0 aromatic heterocycles. The number of hydrogen-bond acceptors (Lipinski definition) is 4. The summed E-state index contributed by atoms with van der Waals surface area (Å²) in [7, 11) is 1.61. The van der Waals surface area contributed by atoms with Gasteiger partial charge in [0.25, 0.3) is 0 Å². The fourth-order valence-corrected chi connectivity index (χ4v) is 1.95. The lowest BCUT2D eigenvalue weighted by atomic mass is 10.0. The molecule has 0 aliphatic heterocycles. The van der Waals surface area contributed by atoms with Gasteiger partial charge in [-0.15, -0.1) is 0 Å². The van der Waals surface area contributed by atoms with E-state index in [0.29, 0.717) is 25.1 Å². The number of nitriles is 1. The van der Waals surface area contributed by atoms with Crippen LogP contribution in [0.5, 0.6) is 0 Å². The second-order valence-corrected chi connectivity index (χ2v) is 5.35. The van der Waals surface area contributed by atoms with Crippen molar-refractivity contribution in [2.45, 2.75) is 18.9 Å². The van der Waals surface area contributed by atoms with E-state index < -0.39 is 5.60 Å². The van der Waals surface area contributed by atoms with Crippen LogP contribution in [-0.2, 0) is 4.74 Å². The zero-order chi connectivity index (χ0) is 13.6. The van der Waals surface area contributed by atoms with Crippen LogP contribution < -0.4 is 5.32 Å². The van der Waals surface area contributed by atoms with E-state index in [1.807, 2.05) is 6.07 Å². The predicted octanol–water partition coefficient (Wildman–Crippen LogP) is 2.52. The Bertz CT molecular complexity index is 441. The van der Waals surface area contributed by atoms with Gasteiger partial charge in [0.15, 0.2) is 0 Å². The second-order valence-electron chi connectivity index (χ2n) is 4.43. The number of halogens is 1. The van der Waals surface area contributed by atoms with E-state index in [1.165, 1.54) is 0 Å². The molecule has 4 nitrogen and oxygen atoms in total. The van der Waals surface area contributed by atoms with Crippen molar-refractivity contribution in [1.29, 1.82) is 5.26 Å². The van der Waals surface area contributed by atoms with Crippen molar-refractivity contribution < 1.29 is 9.84 Å². The highest BCUT2D eigenvalue weighted by atomic mass is 79.9. The van der Waals surface area contributed by atoms with Gasteiger partial charge in [-0.25, -0.2) is 0 Å². The molecule has 0 heterocycles. The first-order valence-corrected chi connectivity index (χ1v) is 6.42. The van der Waals surface area contributed by atoms with E-state index in [-0.39, 0.29) is 0 Å². The van der Waals surface area contributed by atoms with Crippen LogP contribution in [0.4, 0.5) is 5.69 Å². The molecule has 18 heavy (non-hydrogen) atoms. The van der Waals surface area contributed by atoms with Gasteiger partial charge in [0, 0.05) is 36.8 Å². The van der Waals surface area contributed by atoms with E-state index >= 15 is 0 Å². The minimum atomic E-state index is -0.842. The van der Waals surface area contributed by atoms with E-state index in [9.17, 15) is 5.11 Å². The van der Waals surface area contributed by atoms with Crippen LogP contribution >= 0.6 is 15.9 Å². The Hall–Kier alpha value is -1.09. The third kappa shape index (κ3) is 5.05. The molecule has 0 bridgehead atoms. The maximum atomic E-state index is 10.1. The molecule has 2 N–H and O–H groups in total. The molecule has 0 saturated heterocycles. The first-order chi connectivity index (χ1) is 8.46. The zero-order valence-electron chi connectivity index (χ0n) is 10.5. The lowest BCUT2D eigenvalue weighted by molar-refractivity contribution is 0.0357. The standard InChI is InChI=1S/C13H17BrN2O2/c1-13(17,3-4-18-2)9-16-12-6-10(8-15)5-11(14)7-12/h5-7,16-17H,3-4,9H2,1-2H3. The molecule has 0 spiro atoms. The van der Waals surface area contributed by atoms with Gasteiger partial charge in [0.1, 0.15) is 0 Å². The third-order valence-electron chi connectivity index (χ3n) is 2.54. The average molecular weight is 313 g/mol. The minimum absolute atomic E-state index is 0.400. The number of aliphatic hydroxyl groups is 1. The number of rotatable bonds is 6. The number of nitrogens with one attached hydrogen (secondary N) is 1. The number of methoxy groups -OCH3 is 1. The van der Waals surface area contributed by atoms with Crippen molar-refractivity contribution in [2.24, 2.45) is 0 Å². The summed E-state index contributed by atoms with van der Waals surface area (Å²) >= 11 is 3.34. The average Bonchev–Trinajstić information content (AvgIpc) is 2.33. The van der Waals surface area contributed by atoms with Crippen molar-refractivity contribution in [3.63, 3.8) is 0 Å². The van der Waals surface area contributed by atoms with E-state index in [0.717, 1.165) is 10.2 Å². The largest absolute Gasteiger partial charge is 0.388 e. The predicted molar refractivity (Wildman–Crippen MR) is 74.5 cm³/mol. The number of benzene rings is 1. The molecule has 98 valence electrons. The smallest absolute Gasteiger partial charge is 0.0992 e. The molecular weight excluding hydrogens is 296 g/mol. The second kappa shape index (κ2) is 6.74. The van der Waals surface area contributed by atoms with Crippen LogP contribution in [0.1, 0.15) is 18.9 Å². The van der Waals surface area contributed by atoms with Crippen molar-refractivity contribution >= 4 is 21.6 Å². The van der Waals surface area contributed by atoms with Crippen molar-refractivity contribution in [3.05, 3.63) is 28.2 Å². The monoisotopic (exact) mass is 312 g/mol. The lowest BCUT2D eigenvalue weighted by Gasteiger charge is -2.24. The quantitative estimate of drug-likeness (QED) is 0.847. The summed E-state index contributed by atoms with van der Waals surface area (Å²) in [6.07, 6.45) is 0.551. The molecule has 1 unspecified atom stereocenters. The van der Waals surface area contributed by atoms with Crippen LogP contribution in [0.2, 0.25) is 0 Å². The van der Waals surface area contributed by atoms with Gasteiger partial charge in [-0.3, -0.25) is 0 Å². The summed E-state index contributed by atoms with van der Waals surface area (Å²) in [6, 6.07) is 7.45. The van der Waals surface area contributed by atoms with E-state index in [1.54, 1.807) is 26.2 Å². The van der Waals surface area contributed by atoms with Crippen LogP contribution in [0, 0.1) is 11.3 Å². The van der Waals surface area contributed by atoms with Gasteiger partial charge in [0.05, 0.1) is 17.2 Å². The molecule has 1 aromatic carbocycles. The molecule has 1 atom stereocenters. The molecule has 0 amide bonds. The number of nitrogens with zero attached hydrogens (tertiary/aromatic N) is 1. The van der Waals surface area contributed by atoms with Crippen LogP contribution in [0.25, 0.3) is 0 Å². The molecular formula is C13H17BrN2O2. The highest BCUT2D eigenvalue weighted by Gasteiger charge is 2.19. The van der Waals surface area contributed by atoms with E-state index in [2.05, 4.69) is 27.3 Å². The summed E-state index contributed by atoms with van der Waals surface area (Å²) in [6.45, 7) is 2.66. The first kappa shape index (κ1) is 15.0. The van der Waals surface area contributed by atoms with Gasteiger partial charge in [0.2, 0.25) is 0 Å². The summed E-state index contributed by atoms with van der Waals surface area (Å²) in [5.74, 6) is 0. The van der Waals surface area contributed by atoms with E-state index in [4.69, 9.17) is 10.00 Å². The lowest BCUT2D eigenvalue weighted by Crippen LogP contribution is -2.34. The SMILES string of the molecule is COCCC(C)(O)CNc1cc(Br)cc(C#N)c1. The van der Waals surface area contributed by atoms with Gasteiger partial charge in [-0.2, -0.15) is 5.26 Å². The van der Waals surface area contributed by atoms with Crippen LogP contribution in [0.15, 0.2) is 22.7 Å². The van der Waals surface area contributed by atoms with Gasteiger partial charge < -0.3 is 15.2 Å². The Balaban J connectivity index is 2.63. The Morgan fingerprint density at radius 2 is 2.22 bits per heavy atom. The van der Waals surface area contributed by atoms with Gasteiger partial charge in [-0.05, 0) is 25.1 Å². The Morgan fingerprint density at radius 3 is 2.83 bits per heavy atom. The maximum absolute atomic E-state index is 10.1. The molecule has 0 radical (unpaired) electrons. The topological polar surface area (TPSA) is 65.3 Å².